The summed E-state index contributed by atoms with van der Waals surface area (Å²) in [6.45, 7) is 7.38. The van der Waals surface area contributed by atoms with E-state index >= 15 is 0 Å². The summed E-state index contributed by atoms with van der Waals surface area (Å²) < 4.78 is 25.7. The molecule has 1 rings (SSSR count). The minimum atomic E-state index is -3.49. The maximum atomic E-state index is 12.2. The topological polar surface area (TPSA) is 63.4 Å². The summed E-state index contributed by atoms with van der Waals surface area (Å²) in [6, 6.07) is 3.31. The monoisotopic (exact) mass is 254 g/mol. The van der Waals surface area contributed by atoms with Gasteiger partial charge in [0.25, 0.3) is 0 Å². The van der Waals surface area contributed by atoms with Gasteiger partial charge in [-0.3, -0.25) is 0 Å². The largest absolute Gasteiger partial charge is 0.398 e. The van der Waals surface area contributed by atoms with Gasteiger partial charge in [-0.15, -0.1) is 6.58 Å². The van der Waals surface area contributed by atoms with Crippen molar-refractivity contribution in [3.63, 3.8) is 0 Å². The fourth-order valence-corrected chi connectivity index (χ4v) is 2.95. The first kappa shape index (κ1) is 13.7. The lowest BCUT2D eigenvalue weighted by molar-refractivity contribution is 0.499. The number of benzene rings is 1. The van der Waals surface area contributed by atoms with Gasteiger partial charge in [0, 0.05) is 19.3 Å². The second kappa shape index (κ2) is 4.89. The highest BCUT2D eigenvalue weighted by Crippen LogP contribution is 2.25. The maximum Gasteiger partial charge on any atom is 0.243 e. The van der Waals surface area contributed by atoms with Crippen LogP contribution in [0.1, 0.15) is 11.1 Å². The second-order valence-corrected chi connectivity index (χ2v) is 6.01. The number of nitrogens with zero attached hydrogens (tertiary/aromatic N) is 1. The van der Waals surface area contributed by atoms with E-state index in [1.54, 1.807) is 25.1 Å². The molecule has 0 aliphatic heterocycles. The van der Waals surface area contributed by atoms with Crippen LogP contribution >= 0.6 is 0 Å². The molecule has 0 aliphatic rings. The van der Waals surface area contributed by atoms with E-state index in [0.29, 0.717) is 11.3 Å². The van der Waals surface area contributed by atoms with Gasteiger partial charge in [0.05, 0.1) is 4.90 Å². The molecule has 2 N–H and O–H groups in total. The Morgan fingerprint density at radius 2 is 2.00 bits per heavy atom. The zero-order valence-corrected chi connectivity index (χ0v) is 11.2. The van der Waals surface area contributed by atoms with Crippen LogP contribution < -0.4 is 5.73 Å². The van der Waals surface area contributed by atoms with Crippen molar-refractivity contribution < 1.29 is 8.42 Å². The number of hydrogen-bond donors (Lipinski definition) is 1. The van der Waals surface area contributed by atoms with E-state index in [1.807, 2.05) is 6.92 Å². The van der Waals surface area contributed by atoms with Crippen LogP contribution in [0.3, 0.4) is 0 Å². The summed E-state index contributed by atoms with van der Waals surface area (Å²) in [5.74, 6) is 0. The summed E-state index contributed by atoms with van der Waals surface area (Å²) >= 11 is 0. The van der Waals surface area contributed by atoms with E-state index in [1.165, 1.54) is 11.4 Å². The van der Waals surface area contributed by atoms with Gasteiger partial charge < -0.3 is 5.73 Å². The molecular weight excluding hydrogens is 236 g/mol. The van der Waals surface area contributed by atoms with Gasteiger partial charge in [0.2, 0.25) is 10.0 Å². The Morgan fingerprint density at radius 1 is 1.41 bits per heavy atom. The number of aryl methyl sites for hydroxylation is 1. The molecule has 0 atom stereocenters. The Hall–Kier alpha value is -1.33. The number of anilines is 1. The van der Waals surface area contributed by atoms with Gasteiger partial charge in [-0.2, -0.15) is 4.31 Å². The first-order valence-electron chi connectivity index (χ1n) is 5.25. The Bertz CT molecular complexity index is 536. The number of hydrogen-bond acceptors (Lipinski definition) is 3. The Labute approximate surface area is 103 Å². The van der Waals surface area contributed by atoms with E-state index in [2.05, 4.69) is 6.58 Å². The van der Waals surface area contributed by atoms with Crippen molar-refractivity contribution in [3.8, 4) is 0 Å². The van der Waals surface area contributed by atoms with Crippen molar-refractivity contribution in [1.29, 1.82) is 0 Å². The number of rotatable bonds is 4. The SMILES string of the molecule is C=CCN(C)S(=O)(=O)c1ccc(C)c(N)c1C. The zero-order valence-electron chi connectivity index (χ0n) is 10.4. The molecule has 0 fully saturated rings. The summed E-state index contributed by atoms with van der Waals surface area (Å²) in [7, 11) is -1.97. The molecule has 0 aliphatic carbocycles. The van der Waals surface area contributed by atoms with Gasteiger partial charge in [0.1, 0.15) is 0 Å². The third kappa shape index (κ3) is 2.50. The highest BCUT2D eigenvalue weighted by atomic mass is 32.2. The molecule has 0 saturated heterocycles. The average molecular weight is 254 g/mol. The van der Waals surface area contributed by atoms with Gasteiger partial charge in [-0.05, 0) is 31.0 Å². The summed E-state index contributed by atoms with van der Waals surface area (Å²) in [5, 5.41) is 0. The summed E-state index contributed by atoms with van der Waals surface area (Å²) in [4.78, 5) is 0.255. The molecule has 17 heavy (non-hydrogen) atoms. The van der Waals surface area contributed by atoms with Crippen molar-refractivity contribution in [2.24, 2.45) is 0 Å². The van der Waals surface area contributed by atoms with Gasteiger partial charge >= 0.3 is 0 Å². The van der Waals surface area contributed by atoms with E-state index in [9.17, 15) is 8.42 Å². The standard InChI is InChI=1S/C12H18N2O2S/c1-5-8-14(4)17(15,16)11-7-6-9(2)12(13)10(11)3/h5-7H,1,8,13H2,2-4H3. The second-order valence-electron chi connectivity index (χ2n) is 3.99. The minimum absolute atomic E-state index is 0.255. The minimum Gasteiger partial charge on any atom is -0.398 e. The number of likely N-dealkylation sites (N-methyl/N-ethyl adjacent to an activating group) is 1. The molecule has 0 radical (unpaired) electrons. The fourth-order valence-electron chi connectivity index (χ4n) is 1.57. The smallest absolute Gasteiger partial charge is 0.243 e. The molecule has 0 spiro atoms. The molecule has 94 valence electrons. The van der Waals surface area contributed by atoms with Crippen molar-refractivity contribution in [1.82, 2.24) is 4.31 Å². The van der Waals surface area contributed by atoms with E-state index in [0.717, 1.165) is 5.56 Å². The Morgan fingerprint density at radius 3 is 2.53 bits per heavy atom. The van der Waals surface area contributed by atoms with E-state index in [-0.39, 0.29) is 11.4 Å². The molecule has 0 unspecified atom stereocenters. The maximum absolute atomic E-state index is 12.2. The molecule has 0 amide bonds. The highest BCUT2D eigenvalue weighted by molar-refractivity contribution is 7.89. The van der Waals surface area contributed by atoms with Crippen molar-refractivity contribution in [2.45, 2.75) is 18.7 Å². The summed E-state index contributed by atoms with van der Waals surface area (Å²) in [6.07, 6.45) is 1.55. The predicted octanol–water partition coefficient (Wildman–Crippen LogP) is 1.69. The van der Waals surface area contributed by atoms with Crippen molar-refractivity contribution >= 4 is 15.7 Å². The van der Waals surface area contributed by atoms with Crippen LogP contribution in [0, 0.1) is 13.8 Å². The molecule has 4 nitrogen and oxygen atoms in total. The average Bonchev–Trinajstić information content (AvgIpc) is 2.26. The Balaban J connectivity index is 3.35. The van der Waals surface area contributed by atoms with Crippen LogP contribution in [-0.4, -0.2) is 26.3 Å². The van der Waals surface area contributed by atoms with Crippen LogP contribution in [-0.2, 0) is 10.0 Å². The fraction of sp³-hybridized carbons (Fsp3) is 0.333. The van der Waals surface area contributed by atoms with Crippen molar-refractivity contribution in [3.05, 3.63) is 35.9 Å². The van der Waals surface area contributed by atoms with Crippen LogP contribution in [0.25, 0.3) is 0 Å². The number of nitrogen functional groups attached to an aromatic ring is 1. The molecular formula is C12H18N2O2S. The van der Waals surface area contributed by atoms with E-state index < -0.39 is 10.0 Å². The third-order valence-electron chi connectivity index (χ3n) is 2.76. The Kier molecular flexibility index (Phi) is 3.95. The molecule has 1 aromatic carbocycles. The van der Waals surface area contributed by atoms with Crippen LogP contribution in [0.2, 0.25) is 0 Å². The molecule has 0 heterocycles. The van der Waals surface area contributed by atoms with Gasteiger partial charge in [-0.25, -0.2) is 8.42 Å². The highest BCUT2D eigenvalue weighted by Gasteiger charge is 2.22. The quantitative estimate of drug-likeness (QED) is 0.657. The lowest BCUT2D eigenvalue weighted by atomic mass is 10.1. The van der Waals surface area contributed by atoms with Gasteiger partial charge in [0.15, 0.2) is 0 Å². The normalized spacial score (nSPS) is 11.8. The van der Waals surface area contributed by atoms with Gasteiger partial charge in [-0.1, -0.05) is 12.1 Å². The number of sulfonamides is 1. The molecule has 0 aromatic heterocycles. The van der Waals surface area contributed by atoms with Crippen LogP contribution in [0.15, 0.2) is 29.7 Å². The predicted molar refractivity (Wildman–Crippen MR) is 70.3 cm³/mol. The first-order valence-corrected chi connectivity index (χ1v) is 6.69. The van der Waals surface area contributed by atoms with Crippen LogP contribution in [0.4, 0.5) is 5.69 Å². The third-order valence-corrected chi connectivity index (χ3v) is 4.73. The molecule has 0 bridgehead atoms. The molecule has 1 aromatic rings. The first-order chi connectivity index (χ1) is 7.82. The lowest BCUT2D eigenvalue weighted by Gasteiger charge is -2.18. The molecule has 5 heteroatoms. The summed E-state index contributed by atoms with van der Waals surface area (Å²) in [5.41, 5.74) is 7.86. The van der Waals surface area contributed by atoms with E-state index in [4.69, 9.17) is 5.73 Å². The molecule has 0 saturated carbocycles. The lowest BCUT2D eigenvalue weighted by Crippen LogP contribution is -2.27. The number of nitrogens with two attached hydrogens (primary N) is 1. The van der Waals surface area contributed by atoms with Crippen LogP contribution in [0.5, 0.6) is 0 Å². The van der Waals surface area contributed by atoms with Crippen molar-refractivity contribution in [2.75, 3.05) is 19.3 Å². The zero-order chi connectivity index (χ0) is 13.2.